The highest BCUT2D eigenvalue weighted by Crippen LogP contribution is 2.18. The van der Waals surface area contributed by atoms with E-state index in [4.69, 9.17) is 4.74 Å². The molecule has 154 valence electrons. The number of thioether (sulfide) groups is 1. The third-order valence-electron chi connectivity index (χ3n) is 3.97. The lowest BCUT2D eigenvalue weighted by molar-refractivity contribution is 0.0954. The molecular formula is C22H22N4O3S. The number of phenolic OH excluding ortho intramolecular Hbond substituents is 1. The molecule has 2 N–H and O–H groups in total. The maximum Gasteiger partial charge on any atom is 0.271 e. The van der Waals surface area contributed by atoms with Crippen molar-refractivity contribution in [2.24, 2.45) is 5.10 Å². The zero-order valence-corrected chi connectivity index (χ0v) is 17.5. The Morgan fingerprint density at radius 1 is 1.10 bits per heavy atom. The molecule has 0 radical (unpaired) electrons. The number of amides is 1. The van der Waals surface area contributed by atoms with E-state index < -0.39 is 0 Å². The summed E-state index contributed by atoms with van der Waals surface area (Å²) < 4.78 is 5.86. The van der Waals surface area contributed by atoms with E-state index in [2.05, 4.69) is 20.5 Å². The number of benzene rings is 2. The molecule has 0 aliphatic heterocycles. The highest BCUT2D eigenvalue weighted by atomic mass is 32.2. The molecule has 1 aromatic heterocycles. The smallest absolute Gasteiger partial charge is 0.271 e. The Morgan fingerprint density at radius 2 is 1.83 bits per heavy atom. The van der Waals surface area contributed by atoms with Crippen molar-refractivity contribution in [2.45, 2.75) is 19.0 Å². The Balaban J connectivity index is 1.77. The first-order valence-corrected chi connectivity index (χ1v) is 10.4. The van der Waals surface area contributed by atoms with E-state index in [9.17, 15) is 9.90 Å². The Kier molecular flexibility index (Phi) is 7.40. The van der Waals surface area contributed by atoms with E-state index >= 15 is 0 Å². The number of carbonyl (C=O) groups is 1. The zero-order chi connectivity index (χ0) is 21.3. The summed E-state index contributed by atoms with van der Waals surface area (Å²) in [4.78, 5) is 21.1. The summed E-state index contributed by atoms with van der Waals surface area (Å²) in [5, 5.41) is 14.3. The quantitative estimate of drug-likeness (QED) is 0.248. The fourth-order valence-electron chi connectivity index (χ4n) is 2.53. The zero-order valence-electron chi connectivity index (χ0n) is 16.7. The molecule has 3 rings (SSSR count). The van der Waals surface area contributed by atoms with Crippen molar-refractivity contribution >= 4 is 23.4 Å². The van der Waals surface area contributed by atoms with E-state index in [1.807, 2.05) is 44.2 Å². The lowest BCUT2D eigenvalue weighted by Crippen LogP contribution is -2.23. The van der Waals surface area contributed by atoms with Crippen LogP contribution < -0.4 is 10.2 Å². The van der Waals surface area contributed by atoms with Gasteiger partial charge in [0.1, 0.15) is 18.1 Å². The number of hydrogen-bond donors (Lipinski definition) is 2. The molecule has 7 nitrogen and oxygen atoms in total. The van der Waals surface area contributed by atoms with Crippen LogP contribution in [0.15, 0.2) is 70.9 Å². The summed E-state index contributed by atoms with van der Waals surface area (Å²) in [6.45, 7) is 4.04. The third-order valence-corrected chi connectivity index (χ3v) is 4.70. The van der Waals surface area contributed by atoms with Crippen molar-refractivity contribution in [3.63, 3.8) is 0 Å². The molecule has 0 aliphatic rings. The van der Waals surface area contributed by atoms with Gasteiger partial charge >= 0.3 is 0 Å². The average Bonchev–Trinajstić information content (AvgIpc) is 2.74. The second-order valence-corrected chi connectivity index (χ2v) is 7.50. The molecular weight excluding hydrogens is 400 g/mol. The SMILES string of the molecule is CCSc1nc(C)cc(OCC(=NNC(=O)c2ccc(O)cc2)c2ccccc2)n1. The number of phenols is 1. The topological polar surface area (TPSA) is 96.7 Å². The number of aromatic nitrogens is 2. The molecule has 0 spiro atoms. The van der Waals surface area contributed by atoms with Crippen molar-refractivity contribution in [3.05, 3.63) is 77.5 Å². The van der Waals surface area contributed by atoms with Crippen LogP contribution in [0.25, 0.3) is 0 Å². The van der Waals surface area contributed by atoms with Gasteiger partial charge in [-0.15, -0.1) is 0 Å². The second-order valence-electron chi connectivity index (χ2n) is 6.26. The van der Waals surface area contributed by atoms with Gasteiger partial charge in [-0.1, -0.05) is 49.0 Å². The Labute approximate surface area is 179 Å². The summed E-state index contributed by atoms with van der Waals surface area (Å²) in [5.41, 5.74) is 5.11. The van der Waals surface area contributed by atoms with Crippen LogP contribution in [0.4, 0.5) is 0 Å². The minimum atomic E-state index is -0.386. The predicted molar refractivity (Wildman–Crippen MR) is 117 cm³/mol. The Hall–Kier alpha value is -3.39. The van der Waals surface area contributed by atoms with E-state index in [0.717, 1.165) is 17.0 Å². The van der Waals surface area contributed by atoms with Crippen molar-refractivity contribution in [1.82, 2.24) is 15.4 Å². The van der Waals surface area contributed by atoms with Crippen LogP contribution in [-0.4, -0.2) is 39.1 Å². The first kappa shape index (κ1) is 21.3. The molecule has 1 amide bonds. The summed E-state index contributed by atoms with van der Waals surface area (Å²) in [6.07, 6.45) is 0. The Morgan fingerprint density at radius 3 is 2.53 bits per heavy atom. The van der Waals surface area contributed by atoms with Crippen LogP contribution in [0, 0.1) is 6.92 Å². The normalized spacial score (nSPS) is 11.2. The van der Waals surface area contributed by atoms with Crippen molar-refractivity contribution < 1.29 is 14.6 Å². The van der Waals surface area contributed by atoms with Crippen LogP contribution in [0.2, 0.25) is 0 Å². The molecule has 0 fully saturated rings. The van der Waals surface area contributed by atoms with Gasteiger partial charge in [-0.05, 0) is 36.9 Å². The van der Waals surface area contributed by atoms with Crippen LogP contribution in [-0.2, 0) is 0 Å². The van der Waals surface area contributed by atoms with Crippen LogP contribution in [0.1, 0.15) is 28.5 Å². The van der Waals surface area contributed by atoms with Crippen LogP contribution in [0.5, 0.6) is 11.6 Å². The van der Waals surface area contributed by atoms with Crippen molar-refractivity contribution in [3.8, 4) is 11.6 Å². The number of ether oxygens (including phenoxy) is 1. The standard InChI is InChI=1S/C22H22N4O3S/c1-3-30-22-23-15(2)13-20(24-22)29-14-19(16-7-5-4-6-8-16)25-26-21(28)17-9-11-18(27)12-10-17/h4-13,27H,3,14H2,1-2H3,(H,26,28). The Bertz CT molecular complexity index is 1020. The molecule has 3 aromatic rings. The van der Waals surface area contributed by atoms with E-state index in [0.29, 0.717) is 22.3 Å². The van der Waals surface area contributed by atoms with E-state index in [-0.39, 0.29) is 18.3 Å². The number of aromatic hydroxyl groups is 1. The number of hydrogen-bond acceptors (Lipinski definition) is 7. The van der Waals surface area contributed by atoms with Gasteiger partial charge in [0.05, 0.1) is 0 Å². The molecule has 1 heterocycles. The monoisotopic (exact) mass is 422 g/mol. The molecule has 0 saturated heterocycles. The summed E-state index contributed by atoms with van der Waals surface area (Å²) in [7, 11) is 0. The average molecular weight is 423 g/mol. The van der Waals surface area contributed by atoms with Gasteiger partial charge in [0.15, 0.2) is 5.16 Å². The number of hydrazone groups is 1. The van der Waals surface area contributed by atoms with Crippen molar-refractivity contribution in [1.29, 1.82) is 0 Å². The number of carbonyl (C=O) groups excluding carboxylic acids is 1. The minimum absolute atomic E-state index is 0.0918. The molecule has 2 aromatic carbocycles. The van der Waals surface area contributed by atoms with Crippen molar-refractivity contribution in [2.75, 3.05) is 12.4 Å². The third kappa shape index (κ3) is 6.05. The molecule has 0 bridgehead atoms. The van der Waals surface area contributed by atoms with Gasteiger partial charge in [0.2, 0.25) is 5.88 Å². The van der Waals surface area contributed by atoms with Gasteiger partial charge in [-0.25, -0.2) is 10.4 Å². The highest BCUT2D eigenvalue weighted by Gasteiger charge is 2.10. The first-order valence-electron chi connectivity index (χ1n) is 9.38. The number of aryl methyl sites for hydroxylation is 1. The van der Waals surface area contributed by atoms with Gasteiger partial charge in [0.25, 0.3) is 5.91 Å². The van der Waals surface area contributed by atoms with Crippen LogP contribution >= 0.6 is 11.8 Å². The van der Waals surface area contributed by atoms with Gasteiger partial charge in [0, 0.05) is 22.9 Å². The molecule has 0 atom stereocenters. The molecule has 30 heavy (non-hydrogen) atoms. The maximum atomic E-state index is 12.4. The molecule has 8 heteroatoms. The van der Waals surface area contributed by atoms with Gasteiger partial charge < -0.3 is 9.84 Å². The fraction of sp³-hybridized carbons (Fsp3) is 0.182. The largest absolute Gasteiger partial charge is 0.508 e. The van der Waals surface area contributed by atoms with Crippen LogP contribution in [0.3, 0.4) is 0 Å². The molecule has 0 unspecified atom stereocenters. The lowest BCUT2D eigenvalue weighted by Gasteiger charge is -2.10. The van der Waals surface area contributed by atoms with E-state index in [1.54, 1.807) is 6.07 Å². The predicted octanol–water partition coefficient (Wildman–Crippen LogP) is 3.82. The molecule has 0 aliphatic carbocycles. The highest BCUT2D eigenvalue weighted by molar-refractivity contribution is 7.99. The van der Waals surface area contributed by atoms with E-state index in [1.165, 1.54) is 36.0 Å². The van der Waals surface area contributed by atoms with Gasteiger partial charge in [-0.2, -0.15) is 10.1 Å². The number of nitrogens with zero attached hydrogens (tertiary/aromatic N) is 3. The van der Waals surface area contributed by atoms with Gasteiger partial charge in [-0.3, -0.25) is 4.79 Å². The second kappa shape index (κ2) is 10.4. The fourth-order valence-corrected chi connectivity index (χ4v) is 3.15. The number of nitrogens with one attached hydrogen (secondary N) is 1. The molecule has 0 saturated carbocycles. The maximum absolute atomic E-state index is 12.4. The summed E-state index contributed by atoms with van der Waals surface area (Å²) >= 11 is 1.54. The summed E-state index contributed by atoms with van der Waals surface area (Å²) in [6, 6.07) is 17.2. The number of rotatable bonds is 8. The minimum Gasteiger partial charge on any atom is -0.508 e. The summed E-state index contributed by atoms with van der Waals surface area (Å²) in [5.74, 6) is 1.02. The first-order chi connectivity index (χ1) is 14.5. The lowest BCUT2D eigenvalue weighted by atomic mass is 10.1.